The van der Waals surface area contributed by atoms with Crippen LogP contribution in [0.2, 0.25) is 0 Å². The Balaban J connectivity index is 1.46. The summed E-state index contributed by atoms with van der Waals surface area (Å²) in [6, 6.07) is 20.9. The lowest BCUT2D eigenvalue weighted by Crippen LogP contribution is -2.66. The molecule has 5 amide bonds. The first-order valence-electron chi connectivity index (χ1n) is 15.9. The first-order valence-corrected chi connectivity index (χ1v) is 15.9. The second kappa shape index (κ2) is 15.0. The van der Waals surface area contributed by atoms with Gasteiger partial charge in [-0.1, -0.05) is 72.8 Å². The minimum atomic E-state index is -1.69. The van der Waals surface area contributed by atoms with Gasteiger partial charge in [-0.15, -0.1) is 0 Å². The molecule has 5 rings (SSSR count). The van der Waals surface area contributed by atoms with Crippen LogP contribution in [-0.4, -0.2) is 81.6 Å². The molecule has 0 spiro atoms. The standard InChI is InChI=1S/C36H38N4O9/c1-36(2,3)49-33(44)28-19-12-20-38(35(46)48-23-25-15-8-5-9-16-25)40(28)32(43)29(21-37-34(45)47-22-24-13-6-4-7-14-24)39-30(41)26-17-10-11-18-27(26)31(39)42/h4-11,13-18,28-29H,12,19-23H2,1-3H3,(H,37,45)/t28-,29-/m0/s1. The van der Waals surface area contributed by atoms with Crippen LogP contribution in [0.1, 0.15) is 65.5 Å². The molecule has 2 aliphatic heterocycles. The van der Waals surface area contributed by atoms with Crippen molar-refractivity contribution in [3.05, 3.63) is 107 Å². The summed E-state index contributed by atoms with van der Waals surface area (Å²) in [7, 11) is 0. The van der Waals surface area contributed by atoms with Crippen molar-refractivity contribution in [1.82, 2.24) is 20.2 Å². The van der Waals surface area contributed by atoms with Crippen molar-refractivity contribution >= 4 is 35.9 Å². The van der Waals surface area contributed by atoms with E-state index >= 15 is 0 Å². The summed E-state index contributed by atoms with van der Waals surface area (Å²) < 4.78 is 16.5. The number of carbonyl (C=O) groups is 6. The molecule has 13 heteroatoms. The van der Waals surface area contributed by atoms with E-state index in [9.17, 15) is 28.8 Å². The molecule has 0 bridgehead atoms. The summed E-state index contributed by atoms with van der Waals surface area (Å²) in [5, 5.41) is 4.37. The number of nitrogens with one attached hydrogen (secondary N) is 1. The molecule has 3 aromatic carbocycles. The van der Waals surface area contributed by atoms with Gasteiger partial charge in [-0.05, 0) is 56.9 Å². The summed E-state index contributed by atoms with van der Waals surface area (Å²) in [5.41, 5.74) is 0.602. The molecular weight excluding hydrogens is 632 g/mol. The van der Waals surface area contributed by atoms with Gasteiger partial charge in [-0.3, -0.25) is 19.3 Å². The molecule has 0 saturated carbocycles. The highest BCUT2D eigenvalue weighted by Crippen LogP contribution is 2.29. The summed E-state index contributed by atoms with van der Waals surface area (Å²) in [6.45, 7) is 4.20. The van der Waals surface area contributed by atoms with Crippen molar-refractivity contribution in [3.63, 3.8) is 0 Å². The minimum absolute atomic E-state index is 0.0138. The Kier molecular flexibility index (Phi) is 10.6. The van der Waals surface area contributed by atoms with Crippen molar-refractivity contribution in [1.29, 1.82) is 0 Å². The molecule has 1 fully saturated rings. The van der Waals surface area contributed by atoms with Crippen LogP contribution in [0.5, 0.6) is 0 Å². The number of hydrogen-bond acceptors (Lipinski definition) is 9. The monoisotopic (exact) mass is 670 g/mol. The van der Waals surface area contributed by atoms with E-state index in [4.69, 9.17) is 14.2 Å². The third-order valence-electron chi connectivity index (χ3n) is 7.80. The van der Waals surface area contributed by atoms with Crippen molar-refractivity contribution in [2.75, 3.05) is 13.1 Å². The minimum Gasteiger partial charge on any atom is -0.458 e. The quantitative estimate of drug-likeness (QED) is 0.198. The fraction of sp³-hybridized carbons (Fsp3) is 0.333. The molecule has 0 aromatic heterocycles. The molecule has 0 unspecified atom stereocenters. The molecule has 2 heterocycles. The predicted octanol–water partition coefficient (Wildman–Crippen LogP) is 4.46. The molecule has 2 aliphatic rings. The third-order valence-corrected chi connectivity index (χ3v) is 7.80. The van der Waals surface area contributed by atoms with Gasteiger partial charge in [0.15, 0.2) is 6.04 Å². The molecule has 49 heavy (non-hydrogen) atoms. The van der Waals surface area contributed by atoms with Crippen molar-refractivity contribution in [2.45, 2.75) is 64.5 Å². The smallest absolute Gasteiger partial charge is 0.429 e. The number of ether oxygens (including phenoxy) is 3. The zero-order valence-corrected chi connectivity index (χ0v) is 27.5. The van der Waals surface area contributed by atoms with E-state index in [1.807, 2.05) is 12.1 Å². The van der Waals surface area contributed by atoms with Gasteiger partial charge in [0, 0.05) is 6.54 Å². The van der Waals surface area contributed by atoms with Crippen LogP contribution in [-0.2, 0) is 37.0 Å². The zero-order chi connectivity index (χ0) is 35.1. The number of nitrogens with zero attached hydrogens (tertiary/aromatic N) is 3. The number of alkyl carbamates (subject to hydrolysis) is 1. The van der Waals surface area contributed by atoms with E-state index < -0.39 is 60.1 Å². The topological polar surface area (TPSA) is 152 Å². The molecule has 2 atom stereocenters. The maximum atomic E-state index is 14.7. The zero-order valence-electron chi connectivity index (χ0n) is 27.5. The van der Waals surface area contributed by atoms with E-state index in [-0.39, 0.29) is 37.3 Å². The van der Waals surface area contributed by atoms with Crippen LogP contribution in [0.25, 0.3) is 0 Å². The lowest BCUT2D eigenvalue weighted by atomic mass is 10.1. The van der Waals surface area contributed by atoms with Crippen molar-refractivity contribution in [3.8, 4) is 0 Å². The molecule has 13 nitrogen and oxygen atoms in total. The van der Waals surface area contributed by atoms with E-state index in [1.165, 1.54) is 12.1 Å². The average Bonchev–Trinajstić information content (AvgIpc) is 3.35. The fourth-order valence-corrected chi connectivity index (χ4v) is 5.55. The molecular formula is C36H38N4O9. The summed E-state index contributed by atoms with van der Waals surface area (Å²) in [5.74, 6) is -3.33. The molecule has 0 aliphatic carbocycles. The molecule has 1 N–H and O–H groups in total. The van der Waals surface area contributed by atoms with Gasteiger partial charge in [0.25, 0.3) is 17.7 Å². The Morgan fingerprint density at radius 1 is 0.796 bits per heavy atom. The van der Waals surface area contributed by atoms with Crippen LogP contribution in [0, 0.1) is 0 Å². The number of benzene rings is 3. The Hall–Kier alpha value is -5.72. The van der Waals surface area contributed by atoms with Gasteiger partial charge >= 0.3 is 18.2 Å². The largest absolute Gasteiger partial charge is 0.458 e. The number of carbonyl (C=O) groups excluding carboxylic acids is 6. The van der Waals surface area contributed by atoms with Gasteiger partial charge in [-0.25, -0.2) is 24.4 Å². The van der Waals surface area contributed by atoms with Gasteiger partial charge < -0.3 is 19.5 Å². The summed E-state index contributed by atoms with van der Waals surface area (Å²) in [6.07, 6.45) is -1.41. The summed E-state index contributed by atoms with van der Waals surface area (Å²) in [4.78, 5) is 82.8. The number of amides is 5. The van der Waals surface area contributed by atoms with Crippen molar-refractivity contribution < 1.29 is 43.0 Å². The highest BCUT2D eigenvalue weighted by atomic mass is 16.6. The highest BCUT2D eigenvalue weighted by molar-refractivity contribution is 6.23. The van der Waals surface area contributed by atoms with Crippen LogP contribution in [0.15, 0.2) is 84.9 Å². The highest BCUT2D eigenvalue weighted by Gasteiger charge is 2.49. The maximum absolute atomic E-state index is 14.7. The van der Waals surface area contributed by atoms with Crippen LogP contribution >= 0.6 is 0 Å². The second-order valence-electron chi connectivity index (χ2n) is 12.5. The molecule has 256 valence electrons. The van der Waals surface area contributed by atoms with E-state index in [0.29, 0.717) is 17.5 Å². The Bertz CT molecular complexity index is 1670. The van der Waals surface area contributed by atoms with E-state index in [1.54, 1.807) is 81.4 Å². The van der Waals surface area contributed by atoms with Gasteiger partial charge in [0.1, 0.15) is 24.9 Å². The third kappa shape index (κ3) is 8.23. The van der Waals surface area contributed by atoms with E-state index in [2.05, 4.69) is 5.32 Å². The summed E-state index contributed by atoms with van der Waals surface area (Å²) >= 11 is 0. The van der Waals surface area contributed by atoms with E-state index in [0.717, 1.165) is 14.9 Å². The van der Waals surface area contributed by atoms with Crippen LogP contribution in [0.3, 0.4) is 0 Å². The van der Waals surface area contributed by atoms with Gasteiger partial charge in [-0.2, -0.15) is 0 Å². The Morgan fingerprint density at radius 2 is 1.33 bits per heavy atom. The number of imide groups is 1. The number of esters is 1. The molecule has 1 saturated heterocycles. The first kappa shape index (κ1) is 34.6. The van der Waals surface area contributed by atoms with Crippen LogP contribution < -0.4 is 5.32 Å². The number of fused-ring (bicyclic) bond motifs is 1. The first-order chi connectivity index (χ1) is 23.4. The lowest BCUT2D eigenvalue weighted by Gasteiger charge is -2.44. The predicted molar refractivity (Wildman–Crippen MR) is 174 cm³/mol. The van der Waals surface area contributed by atoms with Gasteiger partial charge in [0.05, 0.1) is 17.7 Å². The normalized spacial score (nSPS) is 16.5. The van der Waals surface area contributed by atoms with Crippen molar-refractivity contribution in [2.24, 2.45) is 0 Å². The number of hydrazine groups is 1. The Morgan fingerprint density at radius 3 is 1.88 bits per heavy atom. The SMILES string of the molecule is CC(C)(C)OC(=O)[C@@H]1CCCN(C(=O)OCc2ccccc2)N1C(=O)[C@H](CNC(=O)OCc1ccccc1)N1C(=O)c2ccccc2C1=O. The lowest BCUT2D eigenvalue weighted by molar-refractivity contribution is -0.182. The molecule has 3 aromatic rings. The number of hydrogen-bond donors (Lipinski definition) is 1. The number of rotatable bonds is 9. The average molecular weight is 671 g/mol. The fourth-order valence-electron chi connectivity index (χ4n) is 5.55. The molecule has 0 radical (unpaired) electrons. The van der Waals surface area contributed by atoms with Crippen LogP contribution in [0.4, 0.5) is 9.59 Å². The Labute approximate surface area is 283 Å². The second-order valence-corrected chi connectivity index (χ2v) is 12.5. The maximum Gasteiger partial charge on any atom is 0.429 e. The van der Waals surface area contributed by atoms with Gasteiger partial charge in [0.2, 0.25) is 0 Å².